The van der Waals surface area contributed by atoms with E-state index in [1.165, 1.54) is 0 Å². The van der Waals surface area contributed by atoms with Gasteiger partial charge in [-0.2, -0.15) is 12.6 Å². The number of hydrogen-bond donors (Lipinski definition) is 1. The van der Waals surface area contributed by atoms with E-state index in [-0.39, 0.29) is 0 Å². The minimum absolute atomic E-state index is 0.467. The fraction of sp³-hybridized carbons (Fsp3) is 0.556. The summed E-state index contributed by atoms with van der Waals surface area (Å²) in [6.45, 7) is 2.54. The summed E-state index contributed by atoms with van der Waals surface area (Å²) in [5.74, 6) is 1.39. The highest BCUT2D eigenvalue weighted by Crippen LogP contribution is 2.05. The van der Waals surface area contributed by atoms with E-state index in [1.54, 1.807) is 7.11 Å². The Morgan fingerprint density at radius 3 is 2.62 bits per heavy atom. The highest BCUT2D eigenvalue weighted by molar-refractivity contribution is 7.79. The molecule has 0 unspecified atom stereocenters. The SMILES string of the molecule is CCc1cc(CS)nc(COC)n1. The molecule has 1 aromatic heterocycles. The average Bonchev–Trinajstić information content (AvgIpc) is 2.17. The Labute approximate surface area is 84.0 Å². The maximum absolute atomic E-state index is 4.98. The molecule has 0 saturated carbocycles. The number of aryl methyl sites for hydroxylation is 1. The van der Waals surface area contributed by atoms with Gasteiger partial charge in [0, 0.05) is 18.6 Å². The van der Waals surface area contributed by atoms with Crippen LogP contribution in [0.15, 0.2) is 6.07 Å². The molecule has 1 heterocycles. The number of thiol groups is 1. The minimum Gasteiger partial charge on any atom is -0.377 e. The van der Waals surface area contributed by atoms with Gasteiger partial charge < -0.3 is 4.74 Å². The monoisotopic (exact) mass is 198 g/mol. The van der Waals surface area contributed by atoms with Gasteiger partial charge in [-0.25, -0.2) is 9.97 Å². The molecule has 0 spiro atoms. The number of ether oxygens (including phenoxy) is 1. The summed E-state index contributed by atoms with van der Waals surface area (Å²) < 4.78 is 4.98. The van der Waals surface area contributed by atoms with Crippen molar-refractivity contribution in [3.8, 4) is 0 Å². The van der Waals surface area contributed by atoms with Gasteiger partial charge in [-0.3, -0.25) is 0 Å². The second-order valence-corrected chi connectivity index (χ2v) is 3.03. The molecule has 0 saturated heterocycles. The number of methoxy groups -OCH3 is 1. The molecule has 0 aromatic carbocycles. The zero-order valence-electron chi connectivity index (χ0n) is 7.95. The van der Waals surface area contributed by atoms with Crippen molar-refractivity contribution in [1.82, 2.24) is 9.97 Å². The van der Waals surface area contributed by atoms with E-state index in [2.05, 4.69) is 29.5 Å². The number of hydrogen-bond acceptors (Lipinski definition) is 4. The molecule has 0 amide bonds. The molecule has 1 aromatic rings. The van der Waals surface area contributed by atoms with Gasteiger partial charge in [-0.05, 0) is 12.5 Å². The van der Waals surface area contributed by atoms with Crippen LogP contribution in [0.1, 0.15) is 24.1 Å². The molecule has 0 fully saturated rings. The van der Waals surface area contributed by atoms with Crippen LogP contribution in [-0.4, -0.2) is 17.1 Å². The van der Waals surface area contributed by atoms with Gasteiger partial charge in [0.25, 0.3) is 0 Å². The first-order chi connectivity index (χ1) is 6.30. The molecule has 0 aliphatic rings. The lowest BCUT2D eigenvalue weighted by molar-refractivity contribution is 0.177. The first-order valence-corrected chi connectivity index (χ1v) is 4.89. The van der Waals surface area contributed by atoms with E-state index in [1.807, 2.05) is 6.07 Å². The van der Waals surface area contributed by atoms with Crippen LogP contribution in [0.3, 0.4) is 0 Å². The second kappa shape index (κ2) is 5.19. The third kappa shape index (κ3) is 2.97. The fourth-order valence-electron chi connectivity index (χ4n) is 1.07. The predicted molar refractivity (Wildman–Crippen MR) is 54.8 cm³/mol. The van der Waals surface area contributed by atoms with Crippen LogP contribution in [0.4, 0.5) is 0 Å². The van der Waals surface area contributed by atoms with Crippen molar-refractivity contribution < 1.29 is 4.74 Å². The van der Waals surface area contributed by atoms with Crippen molar-refractivity contribution in [2.45, 2.75) is 25.7 Å². The molecule has 0 bridgehead atoms. The van der Waals surface area contributed by atoms with Gasteiger partial charge in [0.2, 0.25) is 0 Å². The summed E-state index contributed by atoms with van der Waals surface area (Å²) >= 11 is 4.18. The third-order valence-corrected chi connectivity index (χ3v) is 2.00. The quantitative estimate of drug-likeness (QED) is 0.747. The Morgan fingerprint density at radius 2 is 2.08 bits per heavy atom. The zero-order valence-corrected chi connectivity index (χ0v) is 8.84. The van der Waals surface area contributed by atoms with E-state index in [4.69, 9.17) is 4.74 Å². The lowest BCUT2D eigenvalue weighted by atomic mass is 10.3. The maximum atomic E-state index is 4.98. The largest absolute Gasteiger partial charge is 0.377 e. The number of aromatic nitrogens is 2. The van der Waals surface area contributed by atoms with Gasteiger partial charge in [-0.15, -0.1) is 0 Å². The zero-order chi connectivity index (χ0) is 9.68. The maximum Gasteiger partial charge on any atom is 0.154 e. The summed E-state index contributed by atoms with van der Waals surface area (Å²) in [5, 5.41) is 0. The molecule has 0 aliphatic heterocycles. The molecule has 0 radical (unpaired) electrons. The lowest BCUT2D eigenvalue weighted by Gasteiger charge is -2.04. The first-order valence-electron chi connectivity index (χ1n) is 4.25. The van der Waals surface area contributed by atoms with E-state index in [0.717, 1.165) is 23.6 Å². The van der Waals surface area contributed by atoms with Crippen molar-refractivity contribution in [2.75, 3.05) is 7.11 Å². The number of rotatable bonds is 4. The van der Waals surface area contributed by atoms with Gasteiger partial charge >= 0.3 is 0 Å². The summed E-state index contributed by atoms with van der Waals surface area (Å²) in [6, 6.07) is 1.98. The second-order valence-electron chi connectivity index (χ2n) is 2.71. The molecule has 0 aliphatic carbocycles. The smallest absolute Gasteiger partial charge is 0.154 e. The van der Waals surface area contributed by atoms with Crippen molar-refractivity contribution in [1.29, 1.82) is 0 Å². The summed E-state index contributed by atoms with van der Waals surface area (Å²) in [4.78, 5) is 8.60. The standard InChI is InChI=1S/C9H14N2OS/c1-3-7-4-8(6-13)11-9(10-7)5-12-2/h4,13H,3,5-6H2,1-2H3. The number of nitrogens with zero attached hydrogens (tertiary/aromatic N) is 2. The predicted octanol–water partition coefficient (Wildman–Crippen LogP) is 1.62. The summed E-state index contributed by atoms with van der Waals surface area (Å²) in [6.07, 6.45) is 0.917. The Balaban J connectivity index is 2.93. The first kappa shape index (κ1) is 10.5. The van der Waals surface area contributed by atoms with Crippen molar-refractivity contribution >= 4 is 12.6 Å². The Bertz CT molecular complexity index is 256. The van der Waals surface area contributed by atoms with Crippen LogP contribution < -0.4 is 0 Å². The molecular formula is C9H14N2OS. The third-order valence-electron chi connectivity index (χ3n) is 1.68. The van der Waals surface area contributed by atoms with Crippen LogP contribution in [0.25, 0.3) is 0 Å². The topological polar surface area (TPSA) is 35.0 Å². The van der Waals surface area contributed by atoms with E-state index < -0.39 is 0 Å². The van der Waals surface area contributed by atoms with Crippen molar-refractivity contribution in [2.24, 2.45) is 0 Å². The van der Waals surface area contributed by atoms with Gasteiger partial charge in [0.15, 0.2) is 5.82 Å². The summed E-state index contributed by atoms with van der Waals surface area (Å²) in [5.41, 5.74) is 2.01. The highest BCUT2D eigenvalue weighted by atomic mass is 32.1. The molecular weight excluding hydrogens is 184 g/mol. The molecule has 13 heavy (non-hydrogen) atoms. The van der Waals surface area contributed by atoms with Crippen LogP contribution in [0, 0.1) is 0 Å². The van der Waals surface area contributed by atoms with Crippen LogP contribution in [0.5, 0.6) is 0 Å². The van der Waals surface area contributed by atoms with E-state index in [0.29, 0.717) is 12.4 Å². The molecule has 0 atom stereocenters. The van der Waals surface area contributed by atoms with Crippen molar-refractivity contribution in [3.05, 3.63) is 23.3 Å². The molecule has 4 heteroatoms. The van der Waals surface area contributed by atoms with Gasteiger partial charge in [0.1, 0.15) is 6.61 Å². The van der Waals surface area contributed by atoms with Gasteiger partial charge in [-0.1, -0.05) is 6.92 Å². The minimum atomic E-state index is 0.467. The highest BCUT2D eigenvalue weighted by Gasteiger charge is 2.01. The molecule has 0 N–H and O–H groups in total. The Morgan fingerprint density at radius 1 is 1.38 bits per heavy atom. The molecule has 72 valence electrons. The van der Waals surface area contributed by atoms with Crippen molar-refractivity contribution in [3.63, 3.8) is 0 Å². The Kier molecular flexibility index (Phi) is 4.18. The Hall–Kier alpha value is -0.610. The van der Waals surface area contributed by atoms with Crippen LogP contribution in [0.2, 0.25) is 0 Å². The summed E-state index contributed by atoms with van der Waals surface area (Å²) in [7, 11) is 1.64. The van der Waals surface area contributed by atoms with Crippen LogP contribution in [-0.2, 0) is 23.5 Å². The van der Waals surface area contributed by atoms with E-state index >= 15 is 0 Å². The van der Waals surface area contributed by atoms with Crippen LogP contribution >= 0.6 is 12.6 Å². The average molecular weight is 198 g/mol. The lowest BCUT2D eigenvalue weighted by Crippen LogP contribution is -2.03. The fourth-order valence-corrected chi connectivity index (χ4v) is 1.23. The normalized spacial score (nSPS) is 10.4. The van der Waals surface area contributed by atoms with Gasteiger partial charge in [0.05, 0.1) is 5.69 Å². The molecule has 3 nitrogen and oxygen atoms in total. The van der Waals surface area contributed by atoms with E-state index in [9.17, 15) is 0 Å². The molecule has 1 rings (SSSR count).